The predicted octanol–water partition coefficient (Wildman–Crippen LogP) is 5.16. The van der Waals surface area contributed by atoms with Crippen molar-refractivity contribution in [1.29, 1.82) is 0 Å². The molecule has 0 saturated carbocycles. The van der Waals surface area contributed by atoms with E-state index in [-0.39, 0.29) is 12.1 Å². The van der Waals surface area contributed by atoms with Gasteiger partial charge in [0.15, 0.2) is 0 Å². The normalized spacial score (nSPS) is 17.5. The molecule has 1 atom stereocenters. The van der Waals surface area contributed by atoms with Crippen molar-refractivity contribution < 1.29 is 23.0 Å². The zero-order chi connectivity index (χ0) is 23.5. The van der Waals surface area contributed by atoms with Crippen molar-refractivity contribution in [2.75, 3.05) is 13.1 Å². The summed E-state index contributed by atoms with van der Waals surface area (Å²) in [6.45, 7) is 1.30. The number of urea groups is 1. The molecule has 0 aromatic heterocycles. The van der Waals surface area contributed by atoms with E-state index < -0.39 is 17.7 Å². The maximum Gasteiger partial charge on any atom is 0.341 e. The summed E-state index contributed by atoms with van der Waals surface area (Å²) >= 11 is 0. The molecular formula is C26H23F2N3O3. The monoisotopic (exact) mass is 463 g/mol. The number of amides is 2. The van der Waals surface area contributed by atoms with E-state index >= 15 is 0 Å². The number of halogens is 2. The molecule has 5 rings (SSSR count). The Morgan fingerprint density at radius 3 is 2.32 bits per heavy atom. The predicted molar refractivity (Wildman–Crippen MR) is 123 cm³/mol. The van der Waals surface area contributed by atoms with Gasteiger partial charge in [-0.25, -0.2) is 18.6 Å². The molecule has 8 heteroatoms. The van der Waals surface area contributed by atoms with Crippen molar-refractivity contribution in [3.05, 3.63) is 95.6 Å². The van der Waals surface area contributed by atoms with Gasteiger partial charge in [0.1, 0.15) is 35.8 Å². The van der Waals surface area contributed by atoms with Crippen LogP contribution in [0.5, 0.6) is 11.5 Å². The molecule has 174 valence electrons. The smallest absolute Gasteiger partial charge is 0.341 e. The van der Waals surface area contributed by atoms with Crippen molar-refractivity contribution in [1.82, 2.24) is 9.91 Å². The number of hydrogen-bond donors (Lipinski definition) is 0. The van der Waals surface area contributed by atoms with Gasteiger partial charge in [-0.15, -0.1) is 0 Å². The lowest BCUT2D eigenvalue weighted by Gasteiger charge is -2.41. The first-order valence-electron chi connectivity index (χ1n) is 11.1. The topological polar surface area (TPSA) is 54.4 Å². The van der Waals surface area contributed by atoms with Gasteiger partial charge in [0, 0.05) is 18.7 Å². The molecule has 2 amide bonds. The van der Waals surface area contributed by atoms with Crippen LogP contribution < -0.4 is 9.47 Å². The lowest BCUT2D eigenvalue weighted by Crippen LogP contribution is -2.58. The number of rotatable bonds is 6. The van der Waals surface area contributed by atoms with Gasteiger partial charge in [-0.2, -0.15) is 5.10 Å². The van der Waals surface area contributed by atoms with E-state index in [1.807, 2.05) is 54.6 Å². The standard InChI is InChI=1S/C26H23F2N3O3/c27-20-12-19(13-21(28)14-20)25-10-11-29-31(25)26(32)30-15-24(16-30)34-23-8-6-22(7-9-23)33-17-18-4-2-1-3-5-18/h1-9,11-14,24-25H,10,15-17H2. The van der Waals surface area contributed by atoms with Gasteiger partial charge < -0.3 is 14.4 Å². The third kappa shape index (κ3) is 4.85. The Labute approximate surface area is 196 Å². The number of carbonyl (C=O) groups is 1. The third-order valence-corrected chi connectivity index (χ3v) is 5.79. The van der Waals surface area contributed by atoms with Crippen LogP contribution in [-0.4, -0.2) is 41.3 Å². The number of hydrazone groups is 1. The molecule has 0 spiro atoms. The summed E-state index contributed by atoms with van der Waals surface area (Å²) in [7, 11) is 0. The minimum absolute atomic E-state index is 0.142. The second kappa shape index (κ2) is 9.51. The number of carbonyl (C=O) groups excluding carboxylic acids is 1. The van der Waals surface area contributed by atoms with Crippen LogP contribution in [0.4, 0.5) is 13.6 Å². The Bertz CT molecular complexity index is 1160. The molecular weight excluding hydrogens is 440 g/mol. The fourth-order valence-corrected chi connectivity index (χ4v) is 4.00. The summed E-state index contributed by atoms with van der Waals surface area (Å²) in [5.41, 5.74) is 1.47. The number of ether oxygens (including phenoxy) is 2. The first-order valence-corrected chi connectivity index (χ1v) is 11.1. The SMILES string of the molecule is O=C(N1CC(Oc2ccc(OCc3ccccc3)cc2)C1)N1N=CCC1c1cc(F)cc(F)c1. The molecule has 1 saturated heterocycles. The molecule has 0 N–H and O–H groups in total. The average Bonchev–Trinajstić information content (AvgIpc) is 3.30. The van der Waals surface area contributed by atoms with Crippen LogP contribution in [0.15, 0.2) is 77.9 Å². The zero-order valence-electron chi connectivity index (χ0n) is 18.3. The van der Waals surface area contributed by atoms with Gasteiger partial charge in [-0.05, 0) is 47.5 Å². The van der Waals surface area contributed by atoms with E-state index in [2.05, 4.69) is 5.10 Å². The van der Waals surface area contributed by atoms with Crippen molar-refractivity contribution in [3.63, 3.8) is 0 Å². The van der Waals surface area contributed by atoms with E-state index in [0.29, 0.717) is 37.4 Å². The van der Waals surface area contributed by atoms with Crippen LogP contribution in [-0.2, 0) is 6.61 Å². The second-order valence-electron chi connectivity index (χ2n) is 8.27. The molecule has 34 heavy (non-hydrogen) atoms. The Kier molecular flexibility index (Phi) is 6.12. The van der Waals surface area contributed by atoms with Crippen LogP contribution in [0.1, 0.15) is 23.6 Å². The largest absolute Gasteiger partial charge is 0.489 e. The molecule has 3 aromatic rings. The van der Waals surface area contributed by atoms with Crippen molar-refractivity contribution >= 4 is 12.2 Å². The summed E-state index contributed by atoms with van der Waals surface area (Å²) in [6, 6.07) is 19.7. The van der Waals surface area contributed by atoms with Gasteiger partial charge in [-0.1, -0.05) is 30.3 Å². The van der Waals surface area contributed by atoms with E-state index in [1.54, 1.807) is 11.1 Å². The maximum atomic E-state index is 13.6. The summed E-state index contributed by atoms with van der Waals surface area (Å²) in [5.74, 6) is 0.0798. The first kappa shape index (κ1) is 21.9. The summed E-state index contributed by atoms with van der Waals surface area (Å²) in [5, 5.41) is 5.41. The van der Waals surface area contributed by atoms with Crippen molar-refractivity contribution in [2.24, 2.45) is 5.10 Å². The molecule has 2 heterocycles. The van der Waals surface area contributed by atoms with Gasteiger partial charge in [0.2, 0.25) is 0 Å². The fourth-order valence-electron chi connectivity index (χ4n) is 4.00. The molecule has 0 bridgehead atoms. The molecule has 6 nitrogen and oxygen atoms in total. The van der Waals surface area contributed by atoms with Crippen molar-refractivity contribution in [3.8, 4) is 11.5 Å². The van der Waals surface area contributed by atoms with Crippen molar-refractivity contribution in [2.45, 2.75) is 25.2 Å². The second-order valence-corrected chi connectivity index (χ2v) is 8.27. The fraction of sp³-hybridized carbons (Fsp3) is 0.231. The van der Waals surface area contributed by atoms with E-state index in [9.17, 15) is 13.6 Å². The molecule has 3 aromatic carbocycles. The van der Waals surface area contributed by atoms with Crippen LogP contribution in [0.3, 0.4) is 0 Å². The van der Waals surface area contributed by atoms with Gasteiger partial charge >= 0.3 is 6.03 Å². The number of hydrogen-bond acceptors (Lipinski definition) is 4. The van der Waals surface area contributed by atoms with Crippen LogP contribution in [0.2, 0.25) is 0 Å². The minimum Gasteiger partial charge on any atom is -0.489 e. The quantitative estimate of drug-likeness (QED) is 0.508. The highest BCUT2D eigenvalue weighted by Gasteiger charge is 2.39. The molecule has 1 fully saturated rings. The van der Waals surface area contributed by atoms with E-state index in [1.165, 1.54) is 17.1 Å². The highest BCUT2D eigenvalue weighted by atomic mass is 19.1. The van der Waals surface area contributed by atoms with Gasteiger partial charge in [-0.3, -0.25) is 0 Å². The first-order chi connectivity index (χ1) is 16.5. The Morgan fingerprint density at radius 1 is 0.941 bits per heavy atom. The zero-order valence-corrected chi connectivity index (χ0v) is 18.3. The highest BCUT2D eigenvalue weighted by Crippen LogP contribution is 2.31. The summed E-state index contributed by atoms with van der Waals surface area (Å²) in [6.07, 6.45) is 1.85. The highest BCUT2D eigenvalue weighted by molar-refractivity contribution is 5.79. The number of benzene rings is 3. The Morgan fingerprint density at radius 2 is 1.62 bits per heavy atom. The van der Waals surface area contributed by atoms with Crippen LogP contribution in [0.25, 0.3) is 0 Å². The van der Waals surface area contributed by atoms with Crippen LogP contribution in [0, 0.1) is 11.6 Å². The molecule has 0 radical (unpaired) electrons. The number of nitrogens with zero attached hydrogens (tertiary/aromatic N) is 3. The maximum absolute atomic E-state index is 13.6. The molecule has 2 aliphatic rings. The molecule has 1 unspecified atom stereocenters. The molecule has 0 aliphatic carbocycles. The van der Waals surface area contributed by atoms with Gasteiger partial charge in [0.05, 0.1) is 19.1 Å². The Hall–Kier alpha value is -3.94. The molecule has 2 aliphatic heterocycles. The lowest BCUT2D eigenvalue weighted by molar-refractivity contribution is 0.0277. The lowest BCUT2D eigenvalue weighted by atomic mass is 10.0. The number of likely N-dealkylation sites (tertiary alicyclic amines) is 1. The Balaban J connectivity index is 1.12. The van der Waals surface area contributed by atoms with E-state index in [4.69, 9.17) is 9.47 Å². The van der Waals surface area contributed by atoms with Gasteiger partial charge in [0.25, 0.3) is 0 Å². The average molecular weight is 463 g/mol. The minimum atomic E-state index is -0.678. The van der Waals surface area contributed by atoms with E-state index in [0.717, 1.165) is 17.4 Å². The van der Waals surface area contributed by atoms with Crippen LogP contribution >= 0.6 is 0 Å². The summed E-state index contributed by atoms with van der Waals surface area (Å²) in [4.78, 5) is 14.5. The summed E-state index contributed by atoms with van der Waals surface area (Å²) < 4.78 is 39.0. The third-order valence-electron chi connectivity index (χ3n) is 5.79.